The summed E-state index contributed by atoms with van der Waals surface area (Å²) >= 11 is 0. The predicted octanol–water partition coefficient (Wildman–Crippen LogP) is 4.67. The van der Waals surface area contributed by atoms with Crippen LogP contribution in [-0.4, -0.2) is 39.2 Å². The van der Waals surface area contributed by atoms with Crippen LogP contribution >= 0.6 is 0 Å². The van der Waals surface area contributed by atoms with Crippen molar-refractivity contribution in [3.8, 4) is 11.8 Å². The van der Waals surface area contributed by atoms with Crippen molar-refractivity contribution < 1.29 is 13.6 Å². The molecule has 4 rings (SSSR count). The van der Waals surface area contributed by atoms with Crippen molar-refractivity contribution in [3.63, 3.8) is 0 Å². The molecule has 0 aliphatic carbocycles. The van der Waals surface area contributed by atoms with Gasteiger partial charge >= 0.3 is 0 Å². The Morgan fingerprint density at radius 2 is 1.92 bits per heavy atom. The van der Waals surface area contributed by atoms with E-state index in [1.54, 1.807) is 13.1 Å². The van der Waals surface area contributed by atoms with E-state index < -0.39 is 17.6 Å². The fraction of sp³-hybridized carbons (Fsp3) is 0.310. The van der Waals surface area contributed by atoms with Crippen LogP contribution in [-0.2, 0) is 11.3 Å². The predicted molar refractivity (Wildman–Crippen MR) is 145 cm³/mol. The van der Waals surface area contributed by atoms with Crippen LogP contribution in [0.1, 0.15) is 43.8 Å². The molecule has 0 fully saturated rings. The summed E-state index contributed by atoms with van der Waals surface area (Å²) in [5.41, 5.74) is 4.24. The molecular formula is C29H30F2N6O. The summed E-state index contributed by atoms with van der Waals surface area (Å²) in [6, 6.07) is 9.62. The van der Waals surface area contributed by atoms with E-state index in [1.165, 1.54) is 6.07 Å². The summed E-state index contributed by atoms with van der Waals surface area (Å²) in [6.07, 6.45) is 1.80. The molecule has 196 valence electrons. The fourth-order valence-corrected chi connectivity index (χ4v) is 4.43. The summed E-state index contributed by atoms with van der Waals surface area (Å²) in [4.78, 5) is 21.8. The number of carbonyl (C=O) groups excluding carboxylic acids is 1. The Morgan fingerprint density at radius 3 is 2.63 bits per heavy atom. The molecular weight excluding hydrogens is 486 g/mol. The molecule has 1 unspecified atom stereocenters. The number of aromatic nitrogens is 3. The van der Waals surface area contributed by atoms with Gasteiger partial charge in [0.15, 0.2) is 11.6 Å². The highest BCUT2D eigenvalue weighted by Gasteiger charge is 2.20. The van der Waals surface area contributed by atoms with Crippen LogP contribution in [0.25, 0.3) is 21.9 Å². The molecule has 0 radical (unpaired) electrons. The lowest BCUT2D eigenvalue weighted by atomic mass is 10.0. The molecule has 0 spiro atoms. The first-order valence-electron chi connectivity index (χ1n) is 12.4. The molecule has 9 heteroatoms. The van der Waals surface area contributed by atoms with E-state index in [2.05, 4.69) is 50.9 Å². The molecule has 2 heterocycles. The van der Waals surface area contributed by atoms with Crippen molar-refractivity contribution >= 4 is 33.6 Å². The van der Waals surface area contributed by atoms with E-state index in [-0.39, 0.29) is 30.8 Å². The number of hydrogen-bond acceptors (Lipinski definition) is 5. The summed E-state index contributed by atoms with van der Waals surface area (Å²) < 4.78 is 28.7. The van der Waals surface area contributed by atoms with E-state index in [9.17, 15) is 13.6 Å². The highest BCUT2D eigenvalue weighted by atomic mass is 19.2. The van der Waals surface area contributed by atoms with Gasteiger partial charge in [0, 0.05) is 35.8 Å². The Labute approximate surface area is 220 Å². The summed E-state index contributed by atoms with van der Waals surface area (Å²) in [7, 11) is 0. The van der Waals surface area contributed by atoms with Crippen molar-refractivity contribution in [3.05, 3.63) is 71.2 Å². The zero-order valence-electron chi connectivity index (χ0n) is 21.8. The van der Waals surface area contributed by atoms with Crippen LogP contribution in [0.2, 0.25) is 0 Å². The molecule has 38 heavy (non-hydrogen) atoms. The Kier molecular flexibility index (Phi) is 8.13. The van der Waals surface area contributed by atoms with E-state index >= 15 is 0 Å². The van der Waals surface area contributed by atoms with Crippen molar-refractivity contribution in [1.29, 1.82) is 5.41 Å². The van der Waals surface area contributed by atoms with Gasteiger partial charge in [-0.15, -0.1) is 0 Å². The SMILES string of the molecule is CC(=N)C(CNCC#Cc1ccc2ncc3nc(C)n(C(C)C)c3c2c1)C(=O)NCc1ccc(F)c(F)c1. The van der Waals surface area contributed by atoms with Gasteiger partial charge in [0.25, 0.3) is 0 Å². The quantitative estimate of drug-likeness (QED) is 0.180. The number of imidazole rings is 1. The lowest BCUT2D eigenvalue weighted by Gasteiger charge is -2.16. The second-order valence-electron chi connectivity index (χ2n) is 9.48. The lowest BCUT2D eigenvalue weighted by molar-refractivity contribution is -0.123. The Morgan fingerprint density at radius 1 is 1.13 bits per heavy atom. The largest absolute Gasteiger partial charge is 0.351 e. The highest BCUT2D eigenvalue weighted by Crippen LogP contribution is 2.28. The number of halogens is 2. The topological polar surface area (TPSA) is 95.7 Å². The number of nitrogens with zero attached hydrogens (tertiary/aromatic N) is 3. The molecule has 0 saturated carbocycles. The second kappa shape index (κ2) is 11.5. The van der Waals surface area contributed by atoms with Crippen LogP contribution in [0.3, 0.4) is 0 Å². The normalized spacial score (nSPS) is 12.0. The molecule has 3 N–H and O–H groups in total. The number of benzene rings is 2. The number of carbonyl (C=O) groups is 1. The number of fused-ring (bicyclic) bond motifs is 3. The van der Waals surface area contributed by atoms with Crippen molar-refractivity contribution in [2.75, 3.05) is 13.1 Å². The highest BCUT2D eigenvalue weighted by molar-refractivity contribution is 6.03. The first-order chi connectivity index (χ1) is 18.2. The minimum absolute atomic E-state index is 0.0406. The number of pyridine rings is 1. The average molecular weight is 517 g/mol. The summed E-state index contributed by atoms with van der Waals surface area (Å²) in [5.74, 6) is 4.19. The van der Waals surface area contributed by atoms with Crippen molar-refractivity contribution in [1.82, 2.24) is 25.2 Å². The Balaban J connectivity index is 1.40. The maximum Gasteiger partial charge on any atom is 0.230 e. The smallest absolute Gasteiger partial charge is 0.230 e. The third-order valence-electron chi connectivity index (χ3n) is 6.29. The van der Waals surface area contributed by atoms with E-state index in [0.29, 0.717) is 12.1 Å². The molecule has 4 aromatic rings. The van der Waals surface area contributed by atoms with Gasteiger partial charge in [-0.3, -0.25) is 9.78 Å². The first-order valence-corrected chi connectivity index (χ1v) is 12.4. The van der Waals surface area contributed by atoms with Gasteiger partial charge in [0.2, 0.25) is 5.91 Å². The van der Waals surface area contributed by atoms with E-state index in [0.717, 1.165) is 45.5 Å². The molecule has 7 nitrogen and oxygen atoms in total. The van der Waals surface area contributed by atoms with Crippen LogP contribution < -0.4 is 10.6 Å². The first kappa shape index (κ1) is 26.9. The number of hydrogen-bond donors (Lipinski definition) is 3. The minimum atomic E-state index is -0.968. The van der Waals surface area contributed by atoms with E-state index in [4.69, 9.17) is 5.41 Å². The van der Waals surface area contributed by atoms with Crippen LogP contribution in [0.5, 0.6) is 0 Å². The standard InChI is InChI=1S/C29H30F2N6O/c1-17(2)37-19(4)36-27-16-34-26-10-8-20(12-22(26)28(27)37)6-5-11-33-15-23(18(3)32)29(38)35-14-21-7-9-24(30)25(31)13-21/h7-10,12-13,16-17,23,32-33H,11,14-15H2,1-4H3,(H,35,38). The van der Waals surface area contributed by atoms with Gasteiger partial charge in [-0.05, 0) is 63.6 Å². The van der Waals surface area contributed by atoms with Crippen LogP contribution in [0.15, 0.2) is 42.6 Å². The molecule has 2 aromatic carbocycles. The third-order valence-corrected chi connectivity index (χ3v) is 6.29. The lowest BCUT2D eigenvalue weighted by Crippen LogP contribution is -2.40. The molecule has 1 amide bonds. The fourth-order valence-electron chi connectivity index (χ4n) is 4.43. The number of amides is 1. The maximum absolute atomic E-state index is 13.4. The minimum Gasteiger partial charge on any atom is -0.351 e. The van der Waals surface area contributed by atoms with Crippen LogP contribution in [0.4, 0.5) is 8.78 Å². The van der Waals surface area contributed by atoms with Gasteiger partial charge in [-0.1, -0.05) is 17.9 Å². The third kappa shape index (κ3) is 5.87. The van der Waals surface area contributed by atoms with Gasteiger partial charge < -0.3 is 20.6 Å². The molecule has 0 aliphatic heterocycles. The molecule has 1 atom stereocenters. The summed E-state index contributed by atoms with van der Waals surface area (Å²) in [6.45, 7) is 8.39. The van der Waals surface area contributed by atoms with Crippen molar-refractivity contribution in [2.24, 2.45) is 5.92 Å². The Bertz CT molecular complexity index is 1580. The molecule has 0 bridgehead atoms. The summed E-state index contributed by atoms with van der Waals surface area (Å²) in [5, 5.41) is 14.8. The second-order valence-corrected chi connectivity index (χ2v) is 9.48. The molecule has 2 aromatic heterocycles. The zero-order valence-corrected chi connectivity index (χ0v) is 21.8. The van der Waals surface area contributed by atoms with Crippen LogP contribution in [0, 0.1) is 41.7 Å². The van der Waals surface area contributed by atoms with Crippen molar-refractivity contribution in [2.45, 2.75) is 40.3 Å². The number of nitrogens with one attached hydrogen (secondary N) is 3. The monoisotopic (exact) mass is 516 g/mol. The average Bonchev–Trinajstić information content (AvgIpc) is 3.23. The molecule has 0 aliphatic rings. The van der Waals surface area contributed by atoms with E-state index in [1.807, 2.05) is 25.1 Å². The number of rotatable bonds is 8. The maximum atomic E-state index is 13.4. The Hall–Kier alpha value is -4.16. The number of aryl methyl sites for hydroxylation is 1. The van der Waals surface area contributed by atoms with Gasteiger partial charge in [0.05, 0.1) is 29.7 Å². The van der Waals surface area contributed by atoms with Gasteiger partial charge in [0.1, 0.15) is 11.3 Å². The van der Waals surface area contributed by atoms with Gasteiger partial charge in [-0.25, -0.2) is 13.8 Å². The van der Waals surface area contributed by atoms with Gasteiger partial charge in [-0.2, -0.15) is 0 Å². The molecule has 0 saturated heterocycles. The zero-order chi connectivity index (χ0) is 27.4.